The number of sulfonamides is 1. The molecule has 13 heteroatoms. The summed E-state index contributed by atoms with van der Waals surface area (Å²) in [5.74, 6) is -0.418. The SMILES string of the molecule is O=C(Nc1cccc(Cl)c1Cl)O[C@H]1CCN(c2ccc(S(=O)(=O)Nc3nccs3)cc2)C1=O.[HH]. The zero-order valence-electron chi connectivity index (χ0n) is 16.7. The molecule has 0 bridgehead atoms. The molecule has 0 saturated carbocycles. The minimum Gasteiger partial charge on any atom is -0.436 e. The first-order valence-electron chi connectivity index (χ1n) is 9.50. The molecule has 9 nitrogen and oxygen atoms in total. The largest absolute Gasteiger partial charge is 0.436 e. The number of halogens is 2. The third kappa shape index (κ3) is 5.22. The van der Waals surface area contributed by atoms with Gasteiger partial charge in [-0.15, -0.1) is 11.3 Å². The minimum absolute atomic E-state index is 0. The van der Waals surface area contributed by atoms with Crippen molar-refractivity contribution in [2.24, 2.45) is 0 Å². The number of nitrogens with one attached hydrogen (secondary N) is 2. The molecule has 1 saturated heterocycles. The lowest BCUT2D eigenvalue weighted by Gasteiger charge is -2.17. The zero-order valence-corrected chi connectivity index (χ0v) is 19.8. The molecule has 4 rings (SSSR count). The Kier molecular flexibility index (Phi) is 6.75. The molecule has 1 aromatic heterocycles. The van der Waals surface area contributed by atoms with E-state index in [0.29, 0.717) is 12.2 Å². The van der Waals surface area contributed by atoms with Gasteiger partial charge in [0.15, 0.2) is 11.2 Å². The molecule has 0 spiro atoms. The number of carbonyl (C=O) groups excluding carboxylic acids is 2. The van der Waals surface area contributed by atoms with Gasteiger partial charge in [0.25, 0.3) is 15.9 Å². The fourth-order valence-electron chi connectivity index (χ4n) is 3.14. The third-order valence-electron chi connectivity index (χ3n) is 4.71. The third-order valence-corrected chi connectivity index (χ3v) is 7.70. The Morgan fingerprint density at radius 3 is 2.67 bits per heavy atom. The van der Waals surface area contributed by atoms with E-state index in [-0.39, 0.29) is 33.6 Å². The highest BCUT2D eigenvalue weighted by Gasteiger charge is 2.35. The molecule has 2 amide bonds. The van der Waals surface area contributed by atoms with Gasteiger partial charge in [0.1, 0.15) is 0 Å². The summed E-state index contributed by atoms with van der Waals surface area (Å²) >= 11 is 13.1. The number of hydrogen-bond donors (Lipinski definition) is 2. The van der Waals surface area contributed by atoms with Crippen molar-refractivity contribution in [2.45, 2.75) is 17.4 Å². The van der Waals surface area contributed by atoms with Gasteiger partial charge in [-0.2, -0.15) is 0 Å². The molecule has 1 aliphatic rings. The van der Waals surface area contributed by atoms with Crippen LogP contribution >= 0.6 is 34.5 Å². The minimum atomic E-state index is -3.80. The van der Waals surface area contributed by atoms with Gasteiger partial charge in [0.05, 0.1) is 20.6 Å². The van der Waals surface area contributed by atoms with E-state index >= 15 is 0 Å². The van der Waals surface area contributed by atoms with Crippen molar-refractivity contribution >= 4 is 73.1 Å². The van der Waals surface area contributed by atoms with E-state index in [1.165, 1.54) is 35.4 Å². The normalized spacial score (nSPS) is 16.0. The lowest BCUT2D eigenvalue weighted by molar-refractivity contribution is -0.124. The van der Waals surface area contributed by atoms with Gasteiger partial charge >= 0.3 is 6.09 Å². The van der Waals surface area contributed by atoms with Gasteiger partial charge in [-0.25, -0.2) is 18.2 Å². The molecule has 0 unspecified atom stereocenters. The molecule has 1 atom stereocenters. The quantitative estimate of drug-likeness (QED) is 0.472. The van der Waals surface area contributed by atoms with Crippen LogP contribution in [0.1, 0.15) is 7.85 Å². The topological polar surface area (TPSA) is 118 Å². The van der Waals surface area contributed by atoms with E-state index in [1.807, 2.05) is 0 Å². The molecule has 1 aliphatic heterocycles. The van der Waals surface area contributed by atoms with Crippen molar-refractivity contribution in [3.63, 3.8) is 0 Å². The first-order valence-corrected chi connectivity index (χ1v) is 12.6. The Morgan fingerprint density at radius 2 is 1.97 bits per heavy atom. The molecule has 0 aliphatic carbocycles. The maximum absolute atomic E-state index is 12.7. The van der Waals surface area contributed by atoms with Crippen molar-refractivity contribution < 1.29 is 24.2 Å². The van der Waals surface area contributed by atoms with Crippen molar-refractivity contribution in [3.8, 4) is 0 Å². The molecule has 2 aromatic carbocycles. The number of ether oxygens (including phenoxy) is 1. The smallest absolute Gasteiger partial charge is 0.412 e. The van der Waals surface area contributed by atoms with Crippen molar-refractivity contribution in [2.75, 3.05) is 21.5 Å². The fourth-order valence-corrected chi connectivity index (χ4v) is 5.28. The number of hydrogen-bond acceptors (Lipinski definition) is 7. The molecular weight excluding hydrogens is 511 g/mol. The summed E-state index contributed by atoms with van der Waals surface area (Å²) in [4.78, 5) is 30.3. The van der Waals surface area contributed by atoms with Gasteiger partial charge in [-0.1, -0.05) is 29.3 Å². The number of benzene rings is 2. The number of anilines is 3. The molecule has 2 N–H and O–H groups in total. The Hall–Kier alpha value is -2.86. The standard InChI is InChI=1S/C20H16Cl2N4O5S2.H2/c21-14-2-1-3-15(17(14)22)24-20(28)31-16-8-10-26(18(16)27)12-4-6-13(7-5-12)33(29,30)25-19-23-9-11-32-19;/h1-7,9,11,16H,8,10H2,(H,23,25)(H,24,28);1H/t16-;/m0./s1. The fraction of sp³-hybridized carbons (Fsp3) is 0.150. The van der Waals surface area contributed by atoms with Crippen LogP contribution in [0.4, 0.5) is 21.3 Å². The van der Waals surface area contributed by atoms with Gasteiger partial charge in [-0.3, -0.25) is 14.8 Å². The average molecular weight is 529 g/mol. The van der Waals surface area contributed by atoms with Crippen LogP contribution in [-0.4, -0.2) is 38.1 Å². The maximum atomic E-state index is 12.7. The average Bonchev–Trinajstić information content (AvgIpc) is 3.41. The molecule has 33 heavy (non-hydrogen) atoms. The summed E-state index contributed by atoms with van der Waals surface area (Å²) in [5, 5.41) is 4.81. The Labute approximate surface area is 204 Å². The predicted molar refractivity (Wildman–Crippen MR) is 129 cm³/mol. The summed E-state index contributed by atoms with van der Waals surface area (Å²) < 4.78 is 32.6. The highest BCUT2D eigenvalue weighted by Crippen LogP contribution is 2.30. The van der Waals surface area contributed by atoms with Crippen LogP contribution in [0.2, 0.25) is 10.0 Å². The van der Waals surface area contributed by atoms with Crippen LogP contribution in [0.5, 0.6) is 0 Å². The molecule has 2 heterocycles. The van der Waals surface area contributed by atoms with E-state index in [2.05, 4.69) is 15.0 Å². The van der Waals surface area contributed by atoms with Crippen LogP contribution in [0.3, 0.4) is 0 Å². The molecule has 1 fully saturated rings. The van der Waals surface area contributed by atoms with Crippen LogP contribution in [0.15, 0.2) is 58.9 Å². The van der Waals surface area contributed by atoms with E-state index in [1.54, 1.807) is 23.6 Å². The predicted octanol–water partition coefficient (Wildman–Crippen LogP) is 4.85. The number of nitrogens with zero attached hydrogens (tertiary/aromatic N) is 2. The lowest BCUT2D eigenvalue weighted by atomic mass is 10.3. The molecule has 174 valence electrons. The zero-order chi connectivity index (χ0) is 23.6. The van der Waals surface area contributed by atoms with Crippen molar-refractivity contribution in [3.05, 3.63) is 64.1 Å². The second-order valence-electron chi connectivity index (χ2n) is 6.84. The highest BCUT2D eigenvalue weighted by atomic mass is 35.5. The first kappa shape index (κ1) is 23.3. The van der Waals surface area contributed by atoms with Crippen LogP contribution < -0.4 is 14.9 Å². The van der Waals surface area contributed by atoms with E-state index in [0.717, 1.165) is 11.3 Å². The number of amides is 2. The van der Waals surface area contributed by atoms with Crippen molar-refractivity contribution in [1.29, 1.82) is 0 Å². The second-order valence-corrected chi connectivity index (χ2v) is 10.2. The second kappa shape index (κ2) is 9.56. The van der Waals surface area contributed by atoms with Gasteiger partial charge < -0.3 is 9.64 Å². The Balaban J connectivity index is 0.00000324. The first-order chi connectivity index (χ1) is 15.7. The maximum Gasteiger partial charge on any atom is 0.412 e. The number of carbonyl (C=O) groups is 2. The summed E-state index contributed by atoms with van der Waals surface area (Å²) in [6.07, 6.45) is -0.0549. The van der Waals surface area contributed by atoms with Gasteiger partial charge in [-0.05, 0) is 36.4 Å². The lowest BCUT2D eigenvalue weighted by Crippen LogP contribution is -2.33. The molecule has 0 radical (unpaired) electrons. The number of thiazole rings is 1. The van der Waals surface area contributed by atoms with Crippen LogP contribution in [0.25, 0.3) is 0 Å². The van der Waals surface area contributed by atoms with Crippen LogP contribution in [0, 0.1) is 0 Å². The van der Waals surface area contributed by atoms with Crippen LogP contribution in [-0.2, 0) is 19.6 Å². The summed E-state index contributed by atoms with van der Waals surface area (Å²) in [5.41, 5.74) is 0.747. The monoisotopic (exact) mass is 528 g/mol. The number of rotatable bonds is 6. The molecular formula is C20H18Cl2N4O5S2. The molecule has 3 aromatic rings. The van der Waals surface area contributed by atoms with E-state index < -0.39 is 28.1 Å². The Morgan fingerprint density at radius 1 is 1.21 bits per heavy atom. The van der Waals surface area contributed by atoms with Crippen molar-refractivity contribution in [1.82, 2.24) is 4.98 Å². The summed E-state index contributed by atoms with van der Waals surface area (Å²) in [6.45, 7) is 0.304. The number of aromatic nitrogens is 1. The Bertz CT molecular complexity index is 1290. The summed E-state index contributed by atoms with van der Waals surface area (Å²) in [6, 6.07) is 10.6. The van der Waals surface area contributed by atoms with Gasteiger partial charge in [0, 0.05) is 31.7 Å². The highest BCUT2D eigenvalue weighted by molar-refractivity contribution is 7.93. The summed E-state index contributed by atoms with van der Waals surface area (Å²) in [7, 11) is -3.80. The van der Waals surface area contributed by atoms with Gasteiger partial charge in [0.2, 0.25) is 0 Å². The van der Waals surface area contributed by atoms with E-state index in [4.69, 9.17) is 27.9 Å². The van der Waals surface area contributed by atoms with E-state index in [9.17, 15) is 18.0 Å².